The van der Waals surface area contributed by atoms with Crippen LogP contribution in [0, 0.1) is 12.8 Å². The van der Waals surface area contributed by atoms with Crippen LogP contribution in [0.4, 0.5) is 5.69 Å². The lowest BCUT2D eigenvalue weighted by atomic mass is 9.95. The summed E-state index contributed by atoms with van der Waals surface area (Å²) in [5.41, 5.74) is 7.94. The second-order valence-corrected chi connectivity index (χ2v) is 5.50. The number of amides is 2. The third kappa shape index (κ3) is 3.35. The summed E-state index contributed by atoms with van der Waals surface area (Å²) in [6.07, 6.45) is 1.42. The summed E-state index contributed by atoms with van der Waals surface area (Å²) < 4.78 is 0. The van der Waals surface area contributed by atoms with Crippen molar-refractivity contribution in [3.63, 3.8) is 0 Å². The topological polar surface area (TPSA) is 75.4 Å². The Bertz CT molecular complexity index is 514. The Balaban J connectivity index is 2.02. The number of hydrogen-bond acceptors (Lipinski definition) is 3. The number of nitrogens with two attached hydrogens (primary N) is 1. The number of aryl methyl sites for hydroxylation is 1. The van der Waals surface area contributed by atoms with Gasteiger partial charge in [0.15, 0.2) is 0 Å². The summed E-state index contributed by atoms with van der Waals surface area (Å²) in [5, 5.41) is 2.85. The molecular weight excluding hydrogens is 266 g/mol. The Morgan fingerprint density at radius 2 is 2.00 bits per heavy atom. The quantitative estimate of drug-likeness (QED) is 0.829. The highest BCUT2D eigenvalue weighted by Gasteiger charge is 2.28. The minimum absolute atomic E-state index is 0.0169. The van der Waals surface area contributed by atoms with Gasteiger partial charge in [0.05, 0.1) is 5.56 Å². The van der Waals surface area contributed by atoms with E-state index in [1.807, 2.05) is 26.0 Å². The van der Waals surface area contributed by atoms with E-state index in [2.05, 4.69) is 5.32 Å². The first kappa shape index (κ1) is 15.4. The molecular formula is C16H23N3O2. The summed E-state index contributed by atoms with van der Waals surface area (Å²) in [7, 11) is 0. The van der Waals surface area contributed by atoms with E-state index in [-0.39, 0.29) is 17.7 Å². The molecule has 2 rings (SSSR count). The Morgan fingerprint density at radius 1 is 1.33 bits per heavy atom. The average Bonchev–Trinajstić information content (AvgIpc) is 2.47. The third-order valence-electron chi connectivity index (χ3n) is 4.02. The average molecular weight is 289 g/mol. The zero-order valence-electron chi connectivity index (χ0n) is 12.7. The van der Waals surface area contributed by atoms with E-state index < -0.39 is 0 Å². The zero-order valence-corrected chi connectivity index (χ0v) is 12.7. The van der Waals surface area contributed by atoms with E-state index in [0.29, 0.717) is 43.7 Å². The van der Waals surface area contributed by atoms with E-state index in [4.69, 9.17) is 5.73 Å². The van der Waals surface area contributed by atoms with Crippen LogP contribution in [0.2, 0.25) is 0 Å². The van der Waals surface area contributed by atoms with E-state index in [0.717, 1.165) is 5.56 Å². The van der Waals surface area contributed by atoms with Gasteiger partial charge in [-0.25, -0.2) is 0 Å². The Morgan fingerprint density at radius 3 is 2.57 bits per heavy atom. The van der Waals surface area contributed by atoms with Gasteiger partial charge in [0.2, 0.25) is 5.91 Å². The van der Waals surface area contributed by atoms with Crippen LogP contribution < -0.4 is 11.1 Å². The minimum Gasteiger partial charge on any atom is -0.398 e. The molecule has 1 aromatic carbocycles. The SMILES string of the molecule is CCNC(=O)C1CCN(C(=O)c2c(C)cccc2N)CC1. The molecule has 0 aromatic heterocycles. The highest BCUT2D eigenvalue weighted by Crippen LogP contribution is 2.23. The Kier molecular flexibility index (Phi) is 4.83. The maximum absolute atomic E-state index is 12.6. The van der Waals surface area contributed by atoms with Gasteiger partial charge in [0.25, 0.3) is 5.91 Å². The van der Waals surface area contributed by atoms with Crippen LogP contribution in [0.5, 0.6) is 0 Å². The first-order valence-corrected chi connectivity index (χ1v) is 7.46. The number of piperidine rings is 1. The molecule has 1 saturated heterocycles. The van der Waals surface area contributed by atoms with Crippen molar-refractivity contribution in [2.75, 3.05) is 25.4 Å². The number of benzene rings is 1. The van der Waals surface area contributed by atoms with Crippen molar-refractivity contribution in [2.24, 2.45) is 5.92 Å². The number of nitrogens with one attached hydrogen (secondary N) is 1. The molecule has 1 aliphatic heterocycles. The zero-order chi connectivity index (χ0) is 15.4. The van der Waals surface area contributed by atoms with Crippen LogP contribution in [0.15, 0.2) is 18.2 Å². The van der Waals surface area contributed by atoms with E-state index in [1.165, 1.54) is 0 Å². The largest absolute Gasteiger partial charge is 0.398 e. The van der Waals surface area contributed by atoms with E-state index in [1.54, 1.807) is 11.0 Å². The molecule has 1 aromatic rings. The maximum Gasteiger partial charge on any atom is 0.256 e. The molecule has 21 heavy (non-hydrogen) atoms. The third-order valence-corrected chi connectivity index (χ3v) is 4.02. The van der Waals surface area contributed by atoms with Gasteiger partial charge in [-0.15, -0.1) is 0 Å². The molecule has 3 N–H and O–H groups in total. The first-order valence-electron chi connectivity index (χ1n) is 7.46. The fourth-order valence-corrected chi connectivity index (χ4v) is 2.80. The fraction of sp³-hybridized carbons (Fsp3) is 0.500. The highest BCUT2D eigenvalue weighted by atomic mass is 16.2. The lowest BCUT2D eigenvalue weighted by Gasteiger charge is -2.32. The van der Waals surface area contributed by atoms with Crippen LogP contribution in [0.25, 0.3) is 0 Å². The van der Waals surface area contributed by atoms with Crippen LogP contribution in [-0.4, -0.2) is 36.3 Å². The van der Waals surface area contributed by atoms with Crippen molar-refractivity contribution >= 4 is 17.5 Å². The van der Waals surface area contributed by atoms with Gasteiger partial charge in [-0.3, -0.25) is 9.59 Å². The standard InChI is InChI=1S/C16H23N3O2/c1-3-18-15(20)12-7-9-19(10-8-12)16(21)14-11(2)5-4-6-13(14)17/h4-6,12H,3,7-10,17H2,1-2H3,(H,18,20). The van der Waals surface area contributed by atoms with Gasteiger partial charge >= 0.3 is 0 Å². The molecule has 0 aliphatic carbocycles. The normalized spacial score (nSPS) is 15.8. The molecule has 0 unspecified atom stereocenters. The summed E-state index contributed by atoms with van der Waals surface area (Å²) in [4.78, 5) is 26.2. The minimum atomic E-state index is -0.0278. The maximum atomic E-state index is 12.6. The smallest absolute Gasteiger partial charge is 0.256 e. The monoisotopic (exact) mass is 289 g/mol. The summed E-state index contributed by atoms with van der Waals surface area (Å²) in [6, 6.07) is 5.50. The van der Waals surface area contributed by atoms with Crippen LogP contribution in [-0.2, 0) is 4.79 Å². The summed E-state index contributed by atoms with van der Waals surface area (Å²) in [6.45, 7) is 5.67. The molecule has 114 valence electrons. The molecule has 1 heterocycles. The lowest BCUT2D eigenvalue weighted by Crippen LogP contribution is -2.43. The molecule has 0 bridgehead atoms. The van der Waals surface area contributed by atoms with Gasteiger partial charge in [0, 0.05) is 31.2 Å². The van der Waals surface area contributed by atoms with Crippen LogP contribution in [0.1, 0.15) is 35.7 Å². The number of likely N-dealkylation sites (tertiary alicyclic amines) is 1. The molecule has 1 aliphatic rings. The van der Waals surface area contributed by atoms with Crippen molar-refractivity contribution < 1.29 is 9.59 Å². The van der Waals surface area contributed by atoms with Crippen LogP contribution >= 0.6 is 0 Å². The number of carbonyl (C=O) groups is 2. The van der Waals surface area contributed by atoms with Crippen molar-refractivity contribution in [2.45, 2.75) is 26.7 Å². The van der Waals surface area contributed by atoms with Crippen molar-refractivity contribution in [3.8, 4) is 0 Å². The lowest BCUT2D eigenvalue weighted by molar-refractivity contribution is -0.126. The predicted octanol–water partition coefficient (Wildman–Crippen LogP) is 1.57. The molecule has 5 heteroatoms. The fourth-order valence-electron chi connectivity index (χ4n) is 2.80. The number of nitrogens with zero attached hydrogens (tertiary/aromatic N) is 1. The van der Waals surface area contributed by atoms with Gasteiger partial charge in [-0.2, -0.15) is 0 Å². The van der Waals surface area contributed by atoms with Crippen molar-refractivity contribution in [1.82, 2.24) is 10.2 Å². The molecule has 2 amide bonds. The van der Waals surface area contributed by atoms with Gasteiger partial charge in [0.1, 0.15) is 0 Å². The second-order valence-electron chi connectivity index (χ2n) is 5.50. The molecule has 0 saturated carbocycles. The Labute approximate surface area is 125 Å². The molecule has 1 fully saturated rings. The van der Waals surface area contributed by atoms with Gasteiger partial charge in [-0.05, 0) is 38.3 Å². The second kappa shape index (κ2) is 6.61. The highest BCUT2D eigenvalue weighted by molar-refractivity contribution is 6.00. The van der Waals surface area contributed by atoms with Gasteiger partial charge in [-0.1, -0.05) is 12.1 Å². The predicted molar refractivity (Wildman–Crippen MR) is 82.9 cm³/mol. The number of hydrogen-bond donors (Lipinski definition) is 2. The number of nitrogen functional groups attached to an aromatic ring is 1. The summed E-state index contributed by atoms with van der Waals surface area (Å²) in [5.74, 6) is 0.0863. The molecule has 0 atom stereocenters. The van der Waals surface area contributed by atoms with Crippen molar-refractivity contribution in [1.29, 1.82) is 0 Å². The molecule has 0 radical (unpaired) electrons. The first-order chi connectivity index (χ1) is 10.0. The number of rotatable bonds is 3. The van der Waals surface area contributed by atoms with E-state index in [9.17, 15) is 9.59 Å². The van der Waals surface area contributed by atoms with E-state index >= 15 is 0 Å². The summed E-state index contributed by atoms with van der Waals surface area (Å²) >= 11 is 0. The number of anilines is 1. The number of carbonyl (C=O) groups excluding carboxylic acids is 2. The van der Waals surface area contributed by atoms with Gasteiger partial charge < -0.3 is 16.0 Å². The van der Waals surface area contributed by atoms with Crippen LogP contribution in [0.3, 0.4) is 0 Å². The Hall–Kier alpha value is -2.04. The van der Waals surface area contributed by atoms with Crippen molar-refractivity contribution in [3.05, 3.63) is 29.3 Å². The molecule has 0 spiro atoms. The molecule has 5 nitrogen and oxygen atoms in total.